The lowest BCUT2D eigenvalue weighted by molar-refractivity contribution is -0.164. The average molecular weight is 734 g/mol. The van der Waals surface area contributed by atoms with Crippen molar-refractivity contribution in [3.8, 4) is 11.4 Å². The van der Waals surface area contributed by atoms with Crippen LogP contribution in [0.4, 0.5) is 35.5 Å². The first-order valence-electron chi connectivity index (χ1n) is 15.0. The molecule has 2 heterocycles. The summed E-state index contributed by atoms with van der Waals surface area (Å²) in [5.74, 6) is -5.80. The monoisotopic (exact) mass is 733 g/mol. The Kier molecular flexibility index (Phi) is 9.48. The topological polar surface area (TPSA) is 134 Å². The molecule has 3 N–H and O–H groups in total. The molecule has 5 rings (SSSR count). The van der Waals surface area contributed by atoms with Crippen LogP contribution in [0, 0.1) is 22.5 Å². The van der Waals surface area contributed by atoms with Crippen LogP contribution in [0.2, 0.25) is 5.02 Å². The van der Waals surface area contributed by atoms with Crippen molar-refractivity contribution in [3.05, 3.63) is 70.3 Å². The lowest BCUT2D eigenvalue weighted by atomic mass is 9.75. The fraction of sp³-hybridized carbons (Fsp3) is 0.452. The fourth-order valence-electron chi connectivity index (χ4n) is 5.93. The minimum atomic E-state index is -4.78. The van der Waals surface area contributed by atoms with Crippen LogP contribution in [-0.2, 0) is 15.1 Å². The zero-order valence-corrected chi connectivity index (χ0v) is 27.6. The predicted octanol–water partition coefficient (Wildman–Crippen LogP) is 6.71. The van der Waals surface area contributed by atoms with Gasteiger partial charge >= 0.3 is 12.3 Å². The number of amides is 2. The van der Waals surface area contributed by atoms with E-state index in [1.807, 2.05) is 0 Å². The van der Waals surface area contributed by atoms with Crippen LogP contribution in [0.15, 0.2) is 36.7 Å². The lowest BCUT2D eigenvalue weighted by Crippen LogP contribution is -2.49. The molecule has 11 nitrogen and oxygen atoms in total. The van der Waals surface area contributed by atoms with Crippen molar-refractivity contribution in [1.82, 2.24) is 30.3 Å². The highest BCUT2D eigenvalue weighted by molar-refractivity contribution is 6.32. The number of rotatable bonds is 10. The van der Waals surface area contributed by atoms with Gasteiger partial charge in [-0.3, -0.25) is 15.1 Å². The Morgan fingerprint density at radius 3 is 2.40 bits per heavy atom. The maximum atomic E-state index is 15.7. The first-order valence-corrected chi connectivity index (χ1v) is 15.4. The summed E-state index contributed by atoms with van der Waals surface area (Å²) in [7, 11) is 1.11. The number of benzene rings is 2. The standard InChI is InChI=1S/C31H31ClF7N7O4/c1-28(2,3)13-30(16-6-8-20(49-4)22(34)21(16)33)25(47)45(26(40)43-30)19(12-50-27(48)44-29(9-10-29)31(37,38)39)15-5-7-17(32)18(11-15)46-24(23(35)36)41-14-42-46/h5-8,11,14,19,23H,9-10,12-13H2,1-4H3,(H2,40,43)(H,44,48)/t19-,30-/m1/s1. The fourth-order valence-corrected chi connectivity index (χ4v) is 6.12. The van der Waals surface area contributed by atoms with Crippen LogP contribution >= 0.6 is 11.6 Å². The lowest BCUT2D eigenvalue weighted by Gasteiger charge is -2.35. The molecule has 1 aliphatic heterocycles. The number of nitrogens with one attached hydrogen (secondary N) is 3. The highest BCUT2D eigenvalue weighted by Gasteiger charge is 2.65. The summed E-state index contributed by atoms with van der Waals surface area (Å²) >= 11 is 6.33. The number of halogens is 8. The summed E-state index contributed by atoms with van der Waals surface area (Å²) in [6.45, 7) is 4.23. The molecule has 2 aromatic carbocycles. The van der Waals surface area contributed by atoms with Crippen molar-refractivity contribution in [1.29, 1.82) is 5.41 Å². The molecule has 0 unspecified atom stereocenters. The van der Waals surface area contributed by atoms with Crippen LogP contribution in [0.3, 0.4) is 0 Å². The Hall–Kier alpha value is -4.61. The number of nitrogens with zero attached hydrogens (tertiary/aromatic N) is 4. The van der Waals surface area contributed by atoms with Gasteiger partial charge in [0.25, 0.3) is 12.3 Å². The summed E-state index contributed by atoms with van der Waals surface area (Å²) < 4.78 is 110. The van der Waals surface area contributed by atoms with Crippen molar-refractivity contribution in [3.63, 3.8) is 0 Å². The maximum absolute atomic E-state index is 15.7. The number of hydrogen-bond donors (Lipinski definition) is 3. The first-order chi connectivity index (χ1) is 23.2. The summed E-state index contributed by atoms with van der Waals surface area (Å²) in [6, 6.07) is 4.38. The van der Waals surface area contributed by atoms with Gasteiger partial charge in [0.2, 0.25) is 5.82 Å². The van der Waals surface area contributed by atoms with Crippen molar-refractivity contribution in [2.45, 2.75) is 69.8 Å². The van der Waals surface area contributed by atoms with Gasteiger partial charge in [-0.25, -0.2) is 27.6 Å². The largest absolute Gasteiger partial charge is 0.494 e. The Balaban J connectivity index is 1.61. The number of carbonyl (C=O) groups is 2. The third kappa shape index (κ3) is 6.64. The van der Waals surface area contributed by atoms with E-state index in [9.17, 15) is 31.5 Å². The van der Waals surface area contributed by atoms with Gasteiger partial charge in [0.15, 0.2) is 23.4 Å². The van der Waals surface area contributed by atoms with Crippen LogP contribution in [0.5, 0.6) is 5.75 Å². The summed E-state index contributed by atoms with van der Waals surface area (Å²) in [5.41, 5.74) is -6.08. The molecule has 2 amide bonds. The molecule has 1 aliphatic carbocycles. The highest BCUT2D eigenvalue weighted by Crippen LogP contribution is 2.49. The number of ether oxygens (including phenoxy) is 2. The number of hydrogen-bond acceptors (Lipinski definition) is 7. The van der Waals surface area contributed by atoms with Crippen LogP contribution in [0.1, 0.15) is 69.5 Å². The minimum Gasteiger partial charge on any atom is -0.494 e. The molecule has 2 aliphatic rings. The van der Waals surface area contributed by atoms with E-state index in [0.717, 1.165) is 35.2 Å². The van der Waals surface area contributed by atoms with E-state index in [0.29, 0.717) is 0 Å². The summed E-state index contributed by atoms with van der Waals surface area (Å²) in [5, 5.41) is 17.0. The number of alkyl carbamates (subject to hydrolysis) is 1. The van der Waals surface area contributed by atoms with Crippen LogP contribution < -0.4 is 15.4 Å². The highest BCUT2D eigenvalue weighted by atomic mass is 35.5. The maximum Gasteiger partial charge on any atom is 0.411 e. The van der Waals surface area contributed by atoms with Gasteiger partial charge in [0, 0.05) is 5.56 Å². The molecule has 0 spiro atoms. The van der Waals surface area contributed by atoms with E-state index in [2.05, 4.69) is 15.4 Å². The number of alkyl halides is 5. The third-order valence-corrected chi connectivity index (χ3v) is 8.67. The van der Waals surface area contributed by atoms with Gasteiger partial charge in [-0.2, -0.15) is 22.7 Å². The normalized spacial score (nSPS) is 19.4. The Morgan fingerprint density at radius 2 is 1.82 bits per heavy atom. The first kappa shape index (κ1) is 36.7. The van der Waals surface area contributed by atoms with E-state index < -0.39 is 101 Å². The Morgan fingerprint density at radius 1 is 1.14 bits per heavy atom. The predicted molar refractivity (Wildman–Crippen MR) is 163 cm³/mol. The zero-order chi connectivity index (χ0) is 37.0. The van der Waals surface area contributed by atoms with Gasteiger partial charge in [0.1, 0.15) is 24.0 Å². The van der Waals surface area contributed by atoms with Gasteiger partial charge < -0.3 is 20.1 Å². The van der Waals surface area contributed by atoms with Gasteiger partial charge in [-0.1, -0.05) is 38.4 Å². The molecule has 3 aromatic rings. The molecule has 270 valence electrons. The zero-order valence-electron chi connectivity index (χ0n) is 26.9. The van der Waals surface area contributed by atoms with Crippen LogP contribution in [-0.4, -0.2) is 63.1 Å². The molecule has 2 fully saturated rings. The van der Waals surface area contributed by atoms with E-state index in [1.165, 1.54) is 18.2 Å². The van der Waals surface area contributed by atoms with Crippen LogP contribution in [0.25, 0.3) is 5.69 Å². The van der Waals surface area contributed by atoms with Gasteiger partial charge in [0.05, 0.1) is 23.9 Å². The molecule has 2 atom stereocenters. The minimum absolute atomic E-state index is 0.0160. The SMILES string of the molecule is COc1ccc([C@@]2(CC(C)(C)C)NC(=N)N([C@H](COC(=O)NC3(C(F)(F)F)CC3)c3ccc(Cl)c(-n4ncnc4C(F)F)c3)C2=O)c(F)c1F. The molecule has 19 heteroatoms. The second-order valence-electron chi connectivity index (χ2n) is 13.1. The Bertz CT molecular complexity index is 1830. The second-order valence-corrected chi connectivity index (χ2v) is 13.5. The van der Waals surface area contributed by atoms with E-state index in [1.54, 1.807) is 26.1 Å². The molecular formula is C31H31ClF7N7O4. The quantitative estimate of drug-likeness (QED) is 0.197. The number of aromatic nitrogens is 3. The molecule has 0 bridgehead atoms. The molecule has 1 saturated heterocycles. The van der Waals surface area contributed by atoms with Crippen molar-refractivity contribution in [2.24, 2.45) is 5.41 Å². The number of carbonyl (C=O) groups excluding carboxylic acids is 2. The third-order valence-electron chi connectivity index (χ3n) is 8.35. The summed E-state index contributed by atoms with van der Waals surface area (Å²) in [4.78, 5) is 31.7. The smallest absolute Gasteiger partial charge is 0.411 e. The molecule has 50 heavy (non-hydrogen) atoms. The number of guanidine groups is 1. The molecular weight excluding hydrogens is 703 g/mol. The molecule has 1 aromatic heterocycles. The van der Waals surface area contributed by atoms with Crippen molar-refractivity contribution in [2.75, 3.05) is 13.7 Å². The van der Waals surface area contributed by atoms with E-state index in [4.69, 9.17) is 26.5 Å². The van der Waals surface area contributed by atoms with E-state index in [-0.39, 0.29) is 22.7 Å². The van der Waals surface area contributed by atoms with Crippen molar-refractivity contribution < 1.29 is 49.8 Å². The van der Waals surface area contributed by atoms with Gasteiger partial charge in [-0.05, 0) is 54.5 Å². The summed E-state index contributed by atoms with van der Waals surface area (Å²) in [6.07, 6.45) is -9.53. The second kappa shape index (κ2) is 12.9. The Labute approximate surface area is 285 Å². The van der Waals surface area contributed by atoms with E-state index >= 15 is 8.78 Å². The number of methoxy groups -OCH3 is 1. The molecule has 0 radical (unpaired) electrons. The van der Waals surface area contributed by atoms with Gasteiger partial charge in [-0.15, -0.1) is 0 Å². The average Bonchev–Trinajstić information content (AvgIpc) is 3.57. The van der Waals surface area contributed by atoms with Crippen molar-refractivity contribution >= 4 is 29.6 Å². The molecule has 1 saturated carbocycles.